The highest BCUT2D eigenvalue weighted by molar-refractivity contribution is 6.74. The first-order valence-corrected chi connectivity index (χ1v) is 20.1. The molecule has 16 heteroatoms. The summed E-state index contributed by atoms with van der Waals surface area (Å²) in [6.07, 6.45) is -2.98. The number of nitrogens with one attached hydrogen (secondary N) is 2. The Kier molecular flexibility index (Phi) is 14.3. The molecule has 0 aliphatic carbocycles. The summed E-state index contributed by atoms with van der Waals surface area (Å²) >= 11 is 0. The Balaban J connectivity index is 1.91. The summed E-state index contributed by atoms with van der Waals surface area (Å²) in [6, 6.07) is 7.47. The topological polar surface area (TPSA) is 178 Å². The number of amides is 2. The van der Waals surface area contributed by atoms with Gasteiger partial charge in [0.1, 0.15) is 29.5 Å². The van der Waals surface area contributed by atoms with Crippen LogP contribution in [-0.2, 0) is 55.5 Å². The molecule has 15 nitrogen and oxygen atoms in total. The lowest BCUT2D eigenvalue weighted by Gasteiger charge is -2.46. The minimum atomic E-state index is -2.29. The van der Waals surface area contributed by atoms with Gasteiger partial charge in [-0.3, -0.25) is 14.4 Å². The number of nitrogens with zero attached hydrogens (tertiary/aromatic N) is 3. The fourth-order valence-corrected chi connectivity index (χ4v) is 6.16. The number of carbonyl (C=O) groups is 4. The lowest BCUT2D eigenvalue weighted by Crippen LogP contribution is -2.60. The third-order valence-corrected chi connectivity index (χ3v) is 13.1. The molecule has 51 heavy (non-hydrogen) atoms. The molecular weight excluding hydrogens is 678 g/mol. The predicted molar refractivity (Wildman–Crippen MR) is 189 cm³/mol. The Morgan fingerprint density at radius 1 is 0.980 bits per heavy atom. The first-order valence-electron chi connectivity index (χ1n) is 17.2. The van der Waals surface area contributed by atoms with Gasteiger partial charge < -0.3 is 38.7 Å². The number of rotatable bonds is 14. The number of carbonyl (C=O) groups excluding carboxylic acids is 4. The standard InChI is InChI=1S/C35H55N5O10Si/c1-12-45-32-30(48-23(3)42)29(47-22(2)41)28(27(49-32)21-46-51(10,11)35(7,8)9)40-20-25(38-39-40)19-36-31(43)26(18-24-16-14-13-15-17-24)37-33(44)50-34(4,5)6/h13-17,20,26-30,32H,12,18-19,21H2,1-11H3,(H,36,43)(H,37,44)/t26-,27+,28+,29-,30-,32-/m0/s1. The lowest BCUT2D eigenvalue weighted by molar-refractivity contribution is -0.291. The zero-order valence-corrected chi connectivity index (χ0v) is 32.7. The van der Waals surface area contributed by atoms with E-state index in [0.29, 0.717) is 5.69 Å². The second-order valence-corrected chi connectivity index (χ2v) is 19.8. The molecule has 6 atom stereocenters. The van der Waals surface area contributed by atoms with Crippen LogP contribution >= 0.6 is 0 Å². The summed E-state index contributed by atoms with van der Waals surface area (Å²) in [7, 11) is -2.29. The zero-order valence-electron chi connectivity index (χ0n) is 31.7. The molecule has 2 aromatic rings. The highest BCUT2D eigenvalue weighted by Gasteiger charge is 2.52. The molecule has 0 unspecified atom stereocenters. The molecule has 1 aromatic carbocycles. The number of esters is 2. The van der Waals surface area contributed by atoms with Gasteiger partial charge in [0, 0.05) is 26.9 Å². The van der Waals surface area contributed by atoms with Crippen molar-refractivity contribution in [3.8, 4) is 0 Å². The van der Waals surface area contributed by atoms with Crippen molar-refractivity contribution in [3.63, 3.8) is 0 Å². The van der Waals surface area contributed by atoms with Crippen molar-refractivity contribution in [1.82, 2.24) is 25.6 Å². The number of aromatic nitrogens is 3. The van der Waals surface area contributed by atoms with Gasteiger partial charge in [-0.1, -0.05) is 56.3 Å². The molecule has 0 bridgehead atoms. The van der Waals surface area contributed by atoms with E-state index in [1.807, 2.05) is 30.3 Å². The molecule has 3 rings (SSSR count). The van der Waals surface area contributed by atoms with Gasteiger partial charge in [0.2, 0.25) is 5.91 Å². The molecule has 1 aliphatic rings. The SMILES string of the molecule is CCO[C@H]1O[C@H](CO[Si](C)(C)C(C)(C)C)[C@@H](n2cc(CNC(=O)[C@H](Cc3ccccc3)NC(=O)OC(C)(C)C)nn2)[C@H](OC(C)=O)[C@@H]1OC(C)=O. The maximum absolute atomic E-state index is 13.5. The second kappa shape index (κ2) is 17.6. The Bertz CT molecular complexity index is 1470. The molecule has 2 amide bonds. The number of benzene rings is 1. The molecule has 0 saturated carbocycles. The third kappa shape index (κ3) is 12.4. The van der Waals surface area contributed by atoms with E-state index >= 15 is 0 Å². The summed E-state index contributed by atoms with van der Waals surface area (Å²) in [5.74, 6) is -1.70. The van der Waals surface area contributed by atoms with Crippen LogP contribution in [0.1, 0.15) is 79.6 Å². The van der Waals surface area contributed by atoms with Crippen molar-refractivity contribution >= 4 is 32.3 Å². The first kappa shape index (κ1) is 41.6. The molecule has 1 aromatic heterocycles. The van der Waals surface area contributed by atoms with Gasteiger partial charge in [-0.25, -0.2) is 9.48 Å². The summed E-state index contributed by atoms with van der Waals surface area (Å²) < 4.78 is 37.1. The van der Waals surface area contributed by atoms with Crippen LogP contribution in [0.5, 0.6) is 0 Å². The van der Waals surface area contributed by atoms with Crippen molar-refractivity contribution in [2.45, 2.75) is 136 Å². The zero-order chi connectivity index (χ0) is 38.1. The molecule has 284 valence electrons. The Hall–Kier alpha value is -3.86. The van der Waals surface area contributed by atoms with Crippen molar-refractivity contribution in [3.05, 3.63) is 47.8 Å². The van der Waals surface area contributed by atoms with E-state index < -0.39 is 74.5 Å². The van der Waals surface area contributed by atoms with E-state index in [4.69, 9.17) is 28.1 Å². The maximum atomic E-state index is 13.5. The van der Waals surface area contributed by atoms with Crippen molar-refractivity contribution in [2.24, 2.45) is 0 Å². The highest BCUT2D eigenvalue weighted by Crippen LogP contribution is 2.39. The van der Waals surface area contributed by atoms with Crippen LogP contribution in [0.25, 0.3) is 0 Å². The fourth-order valence-electron chi connectivity index (χ4n) is 5.15. The Morgan fingerprint density at radius 3 is 2.18 bits per heavy atom. The van der Waals surface area contributed by atoms with Crippen LogP contribution in [0, 0.1) is 0 Å². The van der Waals surface area contributed by atoms with Crippen molar-refractivity contribution in [1.29, 1.82) is 0 Å². The average molecular weight is 734 g/mol. The highest BCUT2D eigenvalue weighted by atomic mass is 28.4. The number of hydrogen-bond acceptors (Lipinski definition) is 12. The van der Waals surface area contributed by atoms with E-state index in [0.717, 1.165) is 5.56 Å². The quantitative estimate of drug-likeness (QED) is 0.161. The van der Waals surface area contributed by atoms with E-state index in [-0.39, 0.29) is 31.2 Å². The van der Waals surface area contributed by atoms with Crippen LogP contribution in [-0.4, -0.2) is 96.7 Å². The van der Waals surface area contributed by atoms with Gasteiger partial charge in [-0.05, 0) is 51.4 Å². The van der Waals surface area contributed by atoms with Crippen molar-refractivity contribution < 1.29 is 47.3 Å². The number of ether oxygens (including phenoxy) is 5. The summed E-state index contributed by atoms with van der Waals surface area (Å²) in [6.45, 7) is 20.3. The minimum Gasteiger partial charge on any atom is -0.456 e. The molecule has 1 fully saturated rings. The summed E-state index contributed by atoms with van der Waals surface area (Å²) in [5.41, 5.74) is 0.446. The molecular formula is C35H55N5O10Si. The Labute approximate surface area is 301 Å². The third-order valence-electron chi connectivity index (χ3n) is 8.57. The summed E-state index contributed by atoms with van der Waals surface area (Å²) in [5, 5.41) is 14.0. The van der Waals surface area contributed by atoms with Crippen molar-refractivity contribution in [2.75, 3.05) is 13.2 Å². The van der Waals surface area contributed by atoms with Crippen LogP contribution in [0.2, 0.25) is 18.1 Å². The lowest BCUT2D eigenvalue weighted by atomic mass is 9.95. The van der Waals surface area contributed by atoms with Crippen LogP contribution in [0.4, 0.5) is 4.79 Å². The van der Waals surface area contributed by atoms with Crippen LogP contribution in [0.15, 0.2) is 36.5 Å². The average Bonchev–Trinajstić information content (AvgIpc) is 3.47. The van der Waals surface area contributed by atoms with E-state index in [1.165, 1.54) is 18.5 Å². The smallest absolute Gasteiger partial charge is 0.408 e. The summed E-state index contributed by atoms with van der Waals surface area (Å²) in [4.78, 5) is 50.8. The fraction of sp³-hybridized carbons (Fsp3) is 0.657. The molecule has 0 radical (unpaired) electrons. The van der Waals surface area contributed by atoms with E-state index in [9.17, 15) is 19.2 Å². The van der Waals surface area contributed by atoms with Crippen LogP contribution < -0.4 is 10.6 Å². The van der Waals surface area contributed by atoms with Gasteiger partial charge in [0.15, 0.2) is 26.8 Å². The first-order chi connectivity index (χ1) is 23.7. The predicted octanol–water partition coefficient (Wildman–Crippen LogP) is 4.22. The molecule has 2 N–H and O–H groups in total. The van der Waals surface area contributed by atoms with Crippen LogP contribution in [0.3, 0.4) is 0 Å². The van der Waals surface area contributed by atoms with Gasteiger partial charge in [-0.15, -0.1) is 5.10 Å². The van der Waals surface area contributed by atoms with Gasteiger partial charge in [0.05, 0.1) is 19.3 Å². The van der Waals surface area contributed by atoms with E-state index in [1.54, 1.807) is 33.9 Å². The molecule has 0 spiro atoms. The van der Waals surface area contributed by atoms with Gasteiger partial charge in [-0.2, -0.15) is 0 Å². The normalized spacial score (nSPS) is 21.7. The minimum absolute atomic E-state index is 0.0496. The molecule has 2 heterocycles. The number of alkyl carbamates (subject to hydrolysis) is 1. The molecule has 1 saturated heterocycles. The Morgan fingerprint density at radius 2 is 1.61 bits per heavy atom. The maximum Gasteiger partial charge on any atom is 0.408 e. The number of hydrogen-bond donors (Lipinski definition) is 2. The second-order valence-electron chi connectivity index (χ2n) is 15.0. The van der Waals surface area contributed by atoms with Gasteiger partial charge >= 0.3 is 18.0 Å². The monoisotopic (exact) mass is 733 g/mol. The molecule has 1 aliphatic heterocycles. The van der Waals surface area contributed by atoms with E-state index in [2.05, 4.69) is 54.8 Å². The van der Waals surface area contributed by atoms with Gasteiger partial charge in [0.25, 0.3) is 0 Å². The largest absolute Gasteiger partial charge is 0.456 e.